The number of halogens is 2. The van der Waals surface area contributed by atoms with E-state index in [4.69, 9.17) is 12.2 Å². The Balaban J connectivity index is 2.05. The Hall–Kier alpha value is -1.46. The molecule has 0 aliphatic heterocycles. The van der Waals surface area contributed by atoms with Crippen LogP contribution in [0.3, 0.4) is 0 Å². The molecule has 0 amide bonds. The van der Waals surface area contributed by atoms with Gasteiger partial charge in [-0.05, 0) is 62.3 Å². The van der Waals surface area contributed by atoms with E-state index < -0.39 is 0 Å². The molecule has 0 heterocycles. The summed E-state index contributed by atoms with van der Waals surface area (Å²) in [7, 11) is 0. The highest BCUT2D eigenvalue weighted by Crippen LogP contribution is 2.21. The number of rotatable bonds is 3. The Bertz CT molecular complexity index is 703. The predicted octanol–water partition coefficient (Wildman–Crippen LogP) is 5.25. The van der Waals surface area contributed by atoms with Crippen molar-refractivity contribution in [1.29, 1.82) is 0 Å². The number of aryl methyl sites for hydroxylation is 2. The monoisotopic (exact) mass is 380 g/mol. The fourth-order valence-electron chi connectivity index (χ4n) is 2.34. The largest absolute Gasteiger partial charge is 0.356 e. The minimum Gasteiger partial charge on any atom is -0.356 e. The lowest BCUT2D eigenvalue weighted by atomic mass is 10.0. The van der Waals surface area contributed by atoms with Crippen LogP contribution in [0.1, 0.15) is 29.7 Å². The van der Waals surface area contributed by atoms with Gasteiger partial charge in [0.05, 0.1) is 11.7 Å². The summed E-state index contributed by atoms with van der Waals surface area (Å²) < 4.78 is 14.5. The molecule has 1 atom stereocenters. The van der Waals surface area contributed by atoms with Crippen LogP contribution in [0.5, 0.6) is 0 Å². The minimum atomic E-state index is -0.349. The lowest BCUT2D eigenvalue weighted by Crippen LogP contribution is -2.31. The molecular formula is C17H18BrFN2S. The van der Waals surface area contributed by atoms with Crippen LogP contribution in [0.15, 0.2) is 40.9 Å². The van der Waals surface area contributed by atoms with E-state index in [9.17, 15) is 4.39 Å². The number of nitrogens with one attached hydrogen (secondary N) is 2. The van der Waals surface area contributed by atoms with Gasteiger partial charge in [-0.3, -0.25) is 0 Å². The summed E-state index contributed by atoms with van der Waals surface area (Å²) in [5.74, 6) is -0.349. The minimum absolute atomic E-state index is 0.0408. The molecule has 2 aromatic rings. The maximum atomic E-state index is 13.8. The lowest BCUT2D eigenvalue weighted by molar-refractivity contribution is 0.630. The zero-order valence-corrected chi connectivity index (χ0v) is 15.1. The second kappa shape index (κ2) is 7.20. The Morgan fingerprint density at radius 3 is 2.55 bits per heavy atom. The van der Waals surface area contributed by atoms with Crippen LogP contribution in [0.4, 0.5) is 10.1 Å². The first-order chi connectivity index (χ1) is 10.4. The average molecular weight is 381 g/mol. The second-order valence-corrected chi connectivity index (χ2v) is 6.63. The van der Waals surface area contributed by atoms with E-state index in [1.54, 1.807) is 12.1 Å². The van der Waals surface area contributed by atoms with Gasteiger partial charge in [-0.2, -0.15) is 0 Å². The first-order valence-electron chi connectivity index (χ1n) is 6.96. The summed E-state index contributed by atoms with van der Waals surface area (Å²) in [6.45, 7) is 6.17. The van der Waals surface area contributed by atoms with Gasteiger partial charge in [0, 0.05) is 4.47 Å². The van der Waals surface area contributed by atoms with Crippen molar-refractivity contribution in [1.82, 2.24) is 5.32 Å². The van der Waals surface area contributed by atoms with Gasteiger partial charge in [0.15, 0.2) is 5.11 Å². The van der Waals surface area contributed by atoms with Gasteiger partial charge >= 0.3 is 0 Å². The van der Waals surface area contributed by atoms with Crippen LogP contribution >= 0.6 is 28.1 Å². The molecule has 0 aliphatic carbocycles. The van der Waals surface area contributed by atoms with Crippen molar-refractivity contribution < 1.29 is 4.39 Å². The van der Waals surface area contributed by atoms with Crippen LogP contribution in [-0.4, -0.2) is 5.11 Å². The van der Waals surface area contributed by atoms with Gasteiger partial charge in [-0.15, -0.1) is 0 Å². The van der Waals surface area contributed by atoms with Crippen LogP contribution in [0.25, 0.3) is 0 Å². The second-order valence-electron chi connectivity index (χ2n) is 5.30. The third-order valence-corrected chi connectivity index (χ3v) is 4.13. The number of benzene rings is 2. The van der Waals surface area contributed by atoms with Gasteiger partial charge in [-0.1, -0.05) is 39.7 Å². The molecule has 0 bridgehead atoms. The van der Waals surface area contributed by atoms with Gasteiger partial charge < -0.3 is 10.6 Å². The molecule has 2 N–H and O–H groups in total. The average Bonchev–Trinajstić information content (AvgIpc) is 2.41. The van der Waals surface area contributed by atoms with Crippen LogP contribution in [0, 0.1) is 19.7 Å². The van der Waals surface area contributed by atoms with Crippen molar-refractivity contribution in [3.63, 3.8) is 0 Å². The normalized spacial score (nSPS) is 11.9. The molecule has 5 heteroatoms. The summed E-state index contributed by atoms with van der Waals surface area (Å²) in [6, 6.07) is 11.2. The summed E-state index contributed by atoms with van der Waals surface area (Å²) in [4.78, 5) is 0. The molecule has 0 aromatic heterocycles. The molecule has 2 aromatic carbocycles. The Labute approximate surface area is 144 Å². The van der Waals surface area contributed by atoms with Crippen LogP contribution < -0.4 is 10.6 Å². The SMILES string of the molecule is Cc1ccc([C@H](C)NC(=S)Nc2ccc(Br)cc2F)c(C)c1. The molecular weight excluding hydrogens is 363 g/mol. The standard InChI is InChI=1S/C17H18BrFN2S/c1-10-4-6-14(11(2)8-10)12(3)20-17(22)21-16-7-5-13(18)9-15(16)19/h4-9,12H,1-3H3,(H2,20,21,22)/t12-/m0/s1. The first kappa shape index (κ1) is 16.9. The van der Waals surface area contributed by atoms with Crippen molar-refractivity contribution in [2.75, 3.05) is 5.32 Å². The van der Waals surface area contributed by atoms with Crippen LogP contribution in [-0.2, 0) is 0 Å². The molecule has 0 spiro atoms. The number of thiocarbonyl (C=S) groups is 1. The zero-order valence-electron chi connectivity index (χ0n) is 12.7. The first-order valence-corrected chi connectivity index (χ1v) is 8.16. The number of hydrogen-bond donors (Lipinski definition) is 2. The van der Waals surface area contributed by atoms with Crippen molar-refractivity contribution in [2.24, 2.45) is 0 Å². The highest BCUT2D eigenvalue weighted by molar-refractivity contribution is 9.10. The van der Waals surface area contributed by atoms with Gasteiger partial charge in [0.25, 0.3) is 0 Å². The van der Waals surface area contributed by atoms with E-state index in [1.807, 2.05) is 6.92 Å². The highest BCUT2D eigenvalue weighted by Gasteiger charge is 2.11. The Kier molecular flexibility index (Phi) is 5.53. The molecule has 22 heavy (non-hydrogen) atoms. The Morgan fingerprint density at radius 2 is 1.91 bits per heavy atom. The summed E-state index contributed by atoms with van der Waals surface area (Å²) in [5.41, 5.74) is 3.96. The maximum absolute atomic E-state index is 13.8. The molecule has 2 nitrogen and oxygen atoms in total. The van der Waals surface area contributed by atoms with E-state index in [2.05, 4.69) is 58.6 Å². The third-order valence-electron chi connectivity index (χ3n) is 3.42. The summed E-state index contributed by atoms with van der Waals surface area (Å²) in [5, 5.41) is 6.48. The fourth-order valence-corrected chi connectivity index (χ4v) is 2.95. The van der Waals surface area contributed by atoms with E-state index in [0.29, 0.717) is 15.3 Å². The van der Waals surface area contributed by atoms with Gasteiger partial charge in [0.2, 0.25) is 0 Å². The molecule has 0 saturated carbocycles. The van der Waals surface area contributed by atoms with Crippen molar-refractivity contribution in [2.45, 2.75) is 26.8 Å². The number of anilines is 1. The maximum Gasteiger partial charge on any atom is 0.171 e. The van der Waals surface area contributed by atoms with E-state index in [0.717, 1.165) is 0 Å². The van der Waals surface area contributed by atoms with Gasteiger partial charge in [0.1, 0.15) is 5.82 Å². The molecule has 0 unspecified atom stereocenters. The zero-order chi connectivity index (χ0) is 16.3. The van der Waals surface area contributed by atoms with E-state index >= 15 is 0 Å². The third kappa shape index (κ3) is 4.27. The van der Waals surface area contributed by atoms with Crippen molar-refractivity contribution >= 4 is 38.9 Å². The fraction of sp³-hybridized carbons (Fsp3) is 0.235. The molecule has 0 radical (unpaired) electrons. The summed E-state index contributed by atoms with van der Waals surface area (Å²) >= 11 is 8.50. The quantitative estimate of drug-likeness (QED) is 0.710. The number of hydrogen-bond acceptors (Lipinski definition) is 1. The summed E-state index contributed by atoms with van der Waals surface area (Å²) in [6.07, 6.45) is 0. The molecule has 0 fully saturated rings. The smallest absolute Gasteiger partial charge is 0.171 e. The van der Waals surface area contributed by atoms with Crippen LogP contribution in [0.2, 0.25) is 0 Å². The van der Waals surface area contributed by atoms with Crippen molar-refractivity contribution in [3.8, 4) is 0 Å². The highest BCUT2D eigenvalue weighted by atomic mass is 79.9. The van der Waals surface area contributed by atoms with Gasteiger partial charge in [-0.25, -0.2) is 4.39 Å². The predicted molar refractivity (Wildman–Crippen MR) is 97.8 cm³/mol. The molecule has 0 saturated heterocycles. The van der Waals surface area contributed by atoms with E-state index in [-0.39, 0.29) is 11.9 Å². The van der Waals surface area contributed by atoms with Crippen molar-refractivity contribution in [3.05, 3.63) is 63.4 Å². The lowest BCUT2D eigenvalue weighted by Gasteiger charge is -2.19. The molecule has 2 rings (SSSR count). The Morgan fingerprint density at radius 1 is 1.18 bits per heavy atom. The van der Waals surface area contributed by atoms with E-state index in [1.165, 1.54) is 22.8 Å². The molecule has 0 aliphatic rings. The molecule has 116 valence electrons. The topological polar surface area (TPSA) is 24.1 Å².